The summed E-state index contributed by atoms with van der Waals surface area (Å²) in [5.41, 5.74) is 1.98. The maximum absolute atomic E-state index is 12.8. The lowest BCUT2D eigenvalue weighted by Crippen LogP contribution is -2.28. The number of benzene rings is 2. The van der Waals surface area contributed by atoms with Crippen LogP contribution < -0.4 is 14.8 Å². The second-order valence-corrected chi connectivity index (χ2v) is 10.3. The number of aromatic amines is 1. The molecule has 174 valence electrons. The number of hydrogen-bond acceptors (Lipinski definition) is 7. The molecule has 33 heavy (non-hydrogen) atoms. The van der Waals surface area contributed by atoms with E-state index >= 15 is 0 Å². The van der Waals surface area contributed by atoms with Gasteiger partial charge in [0.2, 0.25) is 11.9 Å². The summed E-state index contributed by atoms with van der Waals surface area (Å²) in [6.45, 7) is 0. The Hall–Kier alpha value is -3.11. The Bertz CT molecular complexity index is 1260. The molecule has 0 radical (unpaired) electrons. The van der Waals surface area contributed by atoms with Gasteiger partial charge in [-0.3, -0.25) is 10.1 Å². The van der Waals surface area contributed by atoms with Crippen molar-refractivity contribution in [3.8, 4) is 5.75 Å². The Kier molecular flexibility index (Phi) is 5.71. The molecule has 2 aliphatic carbocycles. The van der Waals surface area contributed by atoms with Gasteiger partial charge < -0.3 is 19.6 Å². The zero-order valence-corrected chi connectivity index (χ0v) is 18.8. The Morgan fingerprint density at radius 1 is 1.03 bits per heavy atom. The number of hydrogen-bond donors (Lipinski definition) is 4. The molecule has 5 rings (SSSR count). The fraction of sp³-hybridized carbons (Fsp3) is 0.391. The molecule has 2 saturated carbocycles. The van der Waals surface area contributed by atoms with Crippen LogP contribution in [0.5, 0.6) is 5.75 Å². The molecule has 0 unspecified atom stereocenters. The fourth-order valence-electron chi connectivity index (χ4n) is 4.01. The summed E-state index contributed by atoms with van der Waals surface area (Å²) in [5.74, 6) is 0.459. The van der Waals surface area contributed by atoms with Crippen molar-refractivity contribution in [3.63, 3.8) is 0 Å². The highest BCUT2D eigenvalue weighted by Gasteiger charge is 2.30. The number of aliphatic hydroxyl groups excluding tert-OH is 1. The molecule has 1 heterocycles. The van der Waals surface area contributed by atoms with Crippen molar-refractivity contribution in [3.05, 3.63) is 42.5 Å². The maximum Gasteiger partial charge on any atom is 0.339 e. The first kappa shape index (κ1) is 21.7. The zero-order chi connectivity index (χ0) is 23.0. The van der Waals surface area contributed by atoms with Crippen molar-refractivity contribution in [2.75, 3.05) is 10.6 Å². The standard InChI is InChI=1S/C23H26N4O5S/c28-17-7-3-15(4-8-17)24-16-5-10-19(11-6-16)33(30,31)32-18-9-12-20-21(13-18)26-23(25-20)27-22(29)14-1-2-14/h5-6,9-15,17,24,28H,1-4,7-8H2,(H2,25,26,27,29). The van der Waals surface area contributed by atoms with E-state index in [1.165, 1.54) is 24.3 Å². The van der Waals surface area contributed by atoms with Crippen LogP contribution in [-0.2, 0) is 14.9 Å². The summed E-state index contributed by atoms with van der Waals surface area (Å²) >= 11 is 0. The Balaban J connectivity index is 1.25. The average molecular weight is 471 g/mol. The summed E-state index contributed by atoms with van der Waals surface area (Å²) in [6, 6.07) is 11.4. The molecular weight excluding hydrogens is 444 g/mol. The highest BCUT2D eigenvalue weighted by Crippen LogP contribution is 2.30. The molecule has 4 N–H and O–H groups in total. The van der Waals surface area contributed by atoms with E-state index in [2.05, 4.69) is 20.6 Å². The smallest absolute Gasteiger partial charge is 0.339 e. The third-order valence-corrected chi connectivity index (χ3v) is 7.32. The largest absolute Gasteiger partial charge is 0.393 e. The molecule has 0 aliphatic heterocycles. The van der Waals surface area contributed by atoms with Crippen molar-refractivity contribution in [2.45, 2.75) is 55.6 Å². The molecule has 0 bridgehead atoms. The molecule has 10 heteroatoms. The second kappa shape index (κ2) is 8.68. The molecule has 2 aliphatic rings. The molecule has 0 atom stereocenters. The van der Waals surface area contributed by atoms with Gasteiger partial charge in [-0.2, -0.15) is 8.42 Å². The SMILES string of the molecule is O=C(Nc1nc2cc(OS(=O)(=O)c3ccc(NC4CCC(O)CC4)cc3)ccc2[nH]1)C1CC1. The number of imidazole rings is 1. The number of rotatable bonds is 7. The Morgan fingerprint density at radius 2 is 1.76 bits per heavy atom. The van der Waals surface area contributed by atoms with Crippen LogP contribution in [0.15, 0.2) is 47.4 Å². The van der Waals surface area contributed by atoms with Crippen LogP contribution in [0.4, 0.5) is 11.6 Å². The summed E-state index contributed by atoms with van der Waals surface area (Å²) in [5, 5.41) is 15.8. The quantitative estimate of drug-likeness (QED) is 0.389. The van der Waals surface area contributed by atoms with Crippen LogP contribution in [0.25, 0.3) is 11.0 Å². The lowest BCUT2D eigenvalue weighted by atomic mass is 9.93. The van der Waals surface area contributed by atoms with Gasteiger partial charge in [-0.1, -0.05) is 0 Å². The number of aliphatic hydroxyl groups is 1. The van der Waals surface area contributed by atoms with Crippen molar-refractivity contribution in [1.29, 1.82) is 0 Å². The third-order valence-electron chi connectivity index (χ3n) is 6.06. The van der Waals surface area contributed by atoms with E-state index in [1.807, 2.05) is 0 Å². The van der Waals surface area contributed by atoms with E-state index in [4.69, 9.17) is 4.18 Å². The van der Waals surface area contributed by atoms with Crippen molar-refractivity contribution in [2.24, 2.45) is 5.92 Å². The van der Waals surface area contributed by atoms with Gasteiger partial charge in [0.15, 0.2) is 0 Å². The number of fused-ring (bicyclic) bond motifs is 1. The van der Waals surface area contributed by atoms with Crippen LogP contribution in [-0.4, -0.2) is 41.5 Å². The highest BCUT2D eigenvalue weighted by molar-refractivity contribution is 7.87. The molecule has 2 aromatic carbocycles. The van der Waals surface area contributed by atoms with Crippen molar-refractivity contribution in [1.82, 2.24) is 9.97 Å². The van der Waals surface area contributed by atoms with E-state index in [1.54, 1.807) is 18.2 Å². The van der Waals surface area contributed by atoms with Gasteiger partial charge in [-0.25, -0.2) is 4.98 Å². The summed E-state index contributed by atoms with van der Waals surface area (Å²) < 4.78 is 30.8. The van der Waals surface area contributed by atoms with Gasteiger partial charge in [-0.05, 0) is 74.9 Å². The van der Waals surface area contributed by atoms with Crippen LogP contribution in [0.3, 0.4) is 0 Å². The number of carbonyl (C=O) groups excluding carboxylic acids is 1. The number of carbonyl (C=O) groups is 1. The first-order valence-corrected chi connectivity index (χ1v) is 12.6. The topological polar surface area (TPSA) is 133 Å². The summed E-state index contributed by atoms with van der Waals surface area (Å²) in [4.78, 5) is 19.3. The number of H-pyrrole nitrogens is 1. The van der Waals surface area contributed by atoms with E-state index in [0.717, 1.165) is 44.2 Å². The summed E-state index contributed by atoms with van der Waals surface area (Å²) in [7, 11) is -4.02. The molecule has 0 spiro atoms. The van der Waals surface area contributed by atoms with Gasteiger partial charge >= 0.3 is 10.1 Å². The number of nitrogens with zero attached hydrogens (tertiary/aromatic N) is 1. The first-order valence-electron chi connectivity index (χ1n) is 11.2. The molecule has 1 aromatic heterocycles. The van der Waals surface area contributed by atoms with Crippen LogP contribution in [0, 0.1) is 5.92 Å². The number of aromatic nitrogens is 2. The number of anilines is 2. The Labute approximate surface area is 191 Å². The predicted octanol–water partition coefficient (Wildman–Crippen LogP) is 3.39. The molecule has 2 fully saturated rings. The summed E-state index contributed by atoms with van der Waals surface area (Å²) in [6.07, 6.45) is 4.87. The molecule has 3 aromatic rings. The van der Waals surface area contributed by atoms with Gasteiger partial charge in [0.1, 0.15) is 10.6 Å². The predicted molar refractivity (Wildman–Crippen MR) is 124 cm³/mol. The molecule has 0 saturated heterocycles. The van der Waals surface area contributed by atoms with E-state index in [0.29, 0.717) is 17.0 Å². The van der Waals surface area contributed by atoms with E-state index < -0.39 is 10.1 Å². The van der Waals surface area contributed by atoms with Gasteiger partial charge in [0.25, 0.3) is 0 Å². The van der Waals surface area contributed by atoms with E-state index in [9.17, 15) is 18.3 Å². The lowest BCUT2D eigenvalue weighted by molar-refractivity contribution is -0.117. The van der Waals surface area contributed by atoms with Crippen molar-refractivity contribution >= 4 is 38.7 Å². The van der Waals surface area contributed by atoms with Gasteiger partial charge in [-0.15, -0.1) is 0 Å². The minimum atomic E-state index is -4.02. The minimum absolute atomic E-state index is 0.0478. The van der Waals surface area contributed by atoms with Crippen LogP contribution >= 0.6 is 0 Å². The van der Waals surface area contributed by atoms with Crippen molar-refractivity contribution < 1.29 is 22.5 Å². The Morgan fingerprint density at radius 3 is 2.45 bits per heavy atom. The van der Waals surface area contributed by atoms with E-state index in [-0.39, 0.29) is 34.6 Å². The second-order valence-electron chi connectivity index (χ2n) is 8.74. The molecule has 9 nitrogen and oxygen atoms in total. The maximum atomic E-state index is 12.8. The average Bonchev–Trinajstić information content (AvgIpc) is 3.56. The fourth-order valence-corrected chi connectivity index (χ4v) is 4.93. The van der Waals surface area contributed by atoms with Crippen LogP contribution in [0.1, 0.15) is 38.5 Å². The van der Waals surface area contributed by atoms with Crippen LogP contribution in [0.2, 0.25) is 0 Å². The highest BCUT2D eigenvalue weighted by atomic mass is 32.2. The van der Waals surface area contributed by atoms with Gasteiger partial charge in [0.05, 0.1) is 17.1 Å². The third kappa shape index (κ3) is 5.12. The van der Waals surface area contributed by atoms with Gasteiger partial charge in [0, 0.05) is 23.7 Å². The molecular formula is C23H26N4O5S. The monoisotopic (exact) mass is 470 g/mol. The number of amides is 1. The number of nitrogens with one attached hydrogen (secondary N) is 3. The normalized spacial score (nSPS) is 21.0. The first-order chi connectivity index (χ1) is 15.9. The minimum Gasteiger partial charge on any atom is -0.393 e. The molecule has 1 amide bonds. The zero-order valence-electron chi connectivity index (χ0n) is 18.0. The lowest BCUT2D eigenvalue weighted by Gasteiger charge is -2.27.